The number of carboxylic acid groups (broad SMARTS) is 2. The molecule has 0 aliphatic heterocycles. The number of hydrogen-bond acceptors (Lipinski definition) is 4. The van der Waals surface area contributed by atoms with E-state index in [4.69, 9.17) is 10.2 Å². The van der Waals surface area contributed by atoms with E-state index in [1.165, 1.54) is 6.92 Å². The van der Waals surface area contributed by atoms with Crippen molar-refractivity contribution in [2.45, 2.75) is 99.5 Å². The predicted octanol–water partition coefficient (Wildman–Crippen LogP) is 4.85. The summed E-state index contributed by atoms with van der Waals surface area (Å²) >= 11 is 0. The van der Waals surface area contributed by atoms with Crippen LogP contribution in [0.5, 0.6) is 0 Å². The first-order valence-electron chi connectivity index (χ1n) is 9.99. The van der Waals surface area contributed by atoms with Crippen LogP contribution in [-0.4, -0.2) is 52.5 Å². The molecule has 0 aliphatic carbocycles. The van der Waals surface area contributed by atoms with Crippen molar-refractivity contribution in [3.05, 3.63) is 0 Å². The third kappa shape index (κ3) is 24.8. The summed E-state index contributed by atoms with van der Waals surface area (Å²) in [5.74, 6) is -1.60. The fourth-order valence-corrected chi connectivity index (χ4v) is 2.13. The van der Waals surface area contributed by atoms with Crippen molar-refractivity contribution in [1.82, 2.24) is 4.90 Å². The van der Waals surface area contributed by atoms with Gasteiger partial charge in [-0.15, -0.1) is 0 Å². The van der Waals surface area contributed by atoms with Crippen LogP contribution in [-0.2, 0) is 14.4 Å². The number of carbonyl (C=O) groups is 3. The van der Waals surface area contributed by atoms with E-state index in [1.54, 1.807) is 11.9 Å². The number of rotatable bonds is 12. The Bertz CT molecular complexity index is 332. The van der Waals surface area contributed by atoms with Gasteiger partial charge in [0.1, 0.15) is 5.78 Å². The molecule has 0 spiro atoms. The van der Waals surface area contributed by atoms with E-state index < -0.39 is 11.9 Å². The van der Waals surface area contributed by atoms with Gasteiger partial charge < -0.3 is 10.2 Å². The molecule has 0 fully saturated rings. The standard InChI is InChI=1S/C14H25NO5.3C2H6/c1-11(16)12(15(2)10-9-14(19)20)7-5-3-4-6-8-13(17)18;3*1-2/h12H,3-10H2,1-2H3,(H,17,18)(H,19,20);3*1-2H3. The Morgan fingerprint density at radius 1 is 0.769 bits per heavy atom. The molecule has 26 heavy (non-hydrogen) atoms. The summed E-state index contributed by atoms with van der Waals surface area (Å²) in [5, 5.41) is 17.1. The van der Waals surface area contributed by atoms with Gasteiger partial charge in [-0.3, -0.25) is 19.3 Å². The van der Waals surface area contributed by atoms with Gasteiger partial charge >= 0.3 is 11.9 Å². The van der Waals surface area contributed by atoms with Gasteiger partial charge in [0, 0.05) is 13.0 Å². The Morgan fingerprint density at radius 3 is 1.58 bits per heavy atom. The van der Waals surface area contributed by atoms with Crippen molar-refractivity contribution in [2.24, 2.45) is 0 Å². The van der Waals surface area contributed by atoms with Gasteiger partial charge in [-0.05, 0) is 26.8 Å². The van der Waals surface area contributed by atoms with Crippen LogP contribution in [0.15, 0.2) is 0 Å². The number of unbranched alkanes of at least 4 members (excludes halogenated alkanes) is 3. The van der Waals surface area contributed by atoms with Gasteiger partial charge in [0.2, 0.25) is 0 Å². The van der Waals surface area contributed by atoms with Crippen LogP contribution in [0.4, 0.5) is 0 Å². The number of carboxylic acids is 2. The number of hydrogen-bond donors (Lipinski definition) is 2. The number of likely N-dealkylation sites (N-methyl/N-ethyl adjacent to an activating group) is 1. The molecule has 1 atom stereocenters. The maximum Gasteiger partial charge on any atom is 0.304 e. The molecule has 6 nitrogen and oxygen atoms in total. The first kappa shape index (κ1) is 32.3. The maximum absolute atomic E-state index is 11.6. The number of aliphatic carboxylic acids is 2. The van der Waals surface area contributed by atoms with Crippen LogP contribution in [0.3, 0.4) is 0 Å². The molecule has 158 valence electrons. The van der Waals surface area contributed by atoms with Crippen LogP contribution < -0.4 is 0 Å². The first-order valence-corrected chi connectivity index (χ1v) is 9.99. The molecule has 0 radical (unpaired) electrons. The number of nitrogens with zero attached hydrogens (tertiary/aromatic N) is 1. The van der Waals surface area contributed by atoms with Crippen LogP contribution in [0.25, 0.3) is 0 Å². The molecule has 0 amide bonds. The fraction of sp³-hybridized carbons (Fsp3) is 0.850. The minimum absolute atomic E-state index is 0.0267. The summed E-state index contributed by atoms with van der Waals surface area (Å²) in [6, 6.07) is -0.242. The van der Waals surface area contributed by atoms with Gasteiger partial charge in [-0.25, -0.2) is 0 Å². The van der Waals surface area contributed by atoms with Crippen molar-refractivity contribution in [3.63, 3.8) is 0 Å². The van der Waals surface area contributed by atoms with Crippen molar-refractivity contribution in [1.29, 1.82) is 0 Å². The molecule has 0 bridgehead atoms. The highest BCUT2D eigenvalue weighted by Gasteiger charge is 2.19. The second kappa shape index (κ2) is 25.8. The molecule has 0 aromatic rings. The Hall–Kier alpha value is -1.43. The van der Waals surface area contributed by atoms with Crippen LogP contribution in [0.2, 0.25) is 0 Å². The average Bonchev–Trinajstić information content (AvgIpc) is 2.63. The van der Waals surface area contributed by atoms with Crippen LogP contribution in [0.1, 0.15) is 93.4 Å². The monoisotopic (exact) mass is 377 g/mol. The van der Waals surface area contributed by atoms with Gasteiger partial charge in [0.15, 0.2) is 0 Å². The van der Waals surface area contributed by atoms with E-state index in [-0.39, 0.29) is 24.7 Å². The summed E-state index contributed by atoms with van der Waals surface area (Å²) in [6.45, 7) is 13.9. The number of carbonyl (C=O) groups excluding carboxylic acids is 1. The van der Waals surface area contributed by atoms with Gasteiger partial charge in [-0.1, -0.05) is 60.8 Å². The molecular weight excluding hydrogens is 334 g/mol. The Balaban J connectivity index is -0.000000362. The smallest absolute Gasteiger partial charge is 0.304 e. The lowest BCUT2D eigenvalue weighted by Gasteiger charge is -2.25. The lowest BCUT2D eigenvalue weighted by Crippen LogP contribution is -2.38. The summed E-state index contributed by atoms with van der Waals surface area (Å²) in [6.07, 6.45) is 4.15. The van der Waals surface area contributed by atoms with Gasteiger partial charge in [0.25, 0.3) is 0 Å². The fourth-order valence-electron chi connectivity index (χ4n) is 2.13. The molecule has 1 unspecified atom stereocenters. The van der Waals surface area contributed by atoms with Crippen LogP contribution in [0, 0.1) is 0 Å². The summed E-state index contributed by atoms with van der Waals surface area (Å²) in [4.78, 5) is 34.2. The van der Waals surface area contributed by atoms with Crippen molar-refractivity contribution in [3.8, 4) is 0 Å². The normalized spacial score (nSPS) is 10.2. The molecule has 6 heteroatoms. The Kier molecular flexibility index (Phi) is 32.0. The van der Waals surface area contributed by atoms with Crippen molar-refractivity contribution >= 4 is 17.7 Å². The van der Waals surface area contributed by atoms with E-state index in [0.29, 0.717) is 19.4 Å². The lowest BCUT2D eigenvalue weighted by atomic mass is 10.0. The molecule has 0 heterocycles. The zero-order chi connectivity index (χ0) is 21.5. The third-order valence-corrected chi connectivity index (χ3v) is 3.30. The van der Waals surface area contributed by atoms with Crippen molar-refractivity contribution < 1.29 is 24.6 Å². The summed E-state index contributed by atoms with van der Waals surface area (Å²) in [7, 11) is 1.76. The molecule has 0 aromatic heterocycles. The van der Waals surface area contributed by atoms with E-state index in [0.717, 1.165) is 19.3 Å². The number of Topliss-reactive ketones (excluding diaryl/α,β-unsaturated/α-hetero) is 1. The van der Waals surface area contributed by atoms with Crippen molar-refractivity contribution in [2.75, 3.05) is 13.6 Å². The summed E-state index contributed by atoms with van der Waals surface area (Å²) < 4.78 is 0. The second-order valence-electron chi connectivity index (χ2n) is 5.10. The average molecular weight is 378 g/mol. The zero-order valence-corrected chi connectivity index (χ0v) is 18.3. The van der Waals surface area contributed by atoms with E-state index in [1.807, 2.05) is 41.5 Å². The van der Waals surface area contributed by atoms with Gasteiger partial charge in [0.05, 0.1) is 12.5 Å². The van der Waals surface area contributed by atoms with E-state index >= 15 is 0 Å². The molecule has 0 aromatic carbocycles. The largest absolute Gasteiger partial charge is 0.481 e. The highest BCUT2D eigenvalue weighted by atomic mass is 16.4. The highest BCUT2D eigenvalue weighted by Crippen LogP contribution is 2.12. The van der Waals surface area contributed by atoms with E-state index in [2.05, 4.69) is 0 Å². The molecule has 0 saturated carbocycles. The SMILES string of the molecule is CC.CC.CC.CC(=O)C(CCCCCCC(=O)O)N(C)CCC(=O)O. The van der Waals surface area contributed by atoms with E-state index in [9.17, 15) is 14.4 Å². The van der Waals surface area contributed by atoms with Crippen LogP contribution >= 0.6 is 0 Å². The molecular formula is C20H43NO5. The topological polar surface area (TPSA) is 94.9 Å². The number of ketones is 1. The third-order valence-electron chi connectivity index (χ3n) is 3.30. The Morgan fingerprint density at radius 2 is 1.19 bits per heavy atom. The zero-order valence-electron chi connectivity index (χ0n) is 18.3. The first-order chi connectivity index (χ1) is 12.3. The Labute approximate surface area is 161 Å². The summed E-state index contributed by atoms with van der Waals surface area (Å²) in [5.41, 5.74) is 0. The molecule has 0 rings (SSSR count). The highest BCUT2D eigenvalue weighted by molar-refractivity contribution is 5.81. The minimum Gasteiger partial charge on any atom is -0.481 e. The second-order valence-corrected chi connectivity index (χ2v) is 5.10. The molecule has 0 aliphatic rings. The maximum atomic E-state index is 11.6. The molecule has 0 saturated heterocycles. The minimum atomic E-state index is -0.868. The molecule has 2 N–H and O–H groups in total. The lowest BCUT2D eigenvalue weighted by molar-refractivity contribution is -0.138. The van der Waals surface area contributed by atoms with Gasteiger partial charge in [-0.2, -0.15) is 0 Å². The predicted molar refractivity (Wildman–Crippen MR) is 109 cm³/mol. The quantitative estimate of drug-likeness (QED) is 0.472.